The number of ether oxygens (including phenoxy) is 1. The van der Waals surface area contributed by atoms with Crippen LogP contribution in [0.2, 0.25) is 0 Å². The fourth-order valence-corrected chi connectivity index (χ4v) is 2.06. The van der Waals surface area contributed by atoms with E-state index in [1.807, 2.05) is 0 Å². The van der Waals surface area contributed by atoms with Crippen molar-refractivity contribution in [3.8, 4) is 0 Å². The molecule has 2 amide bonds. The summed E-state index contributed by atoms with van der Waals surface area (Å²) in [6.07, 6.45) is -0.570. The number of carbonyl (C=O) groups excluding carboxylic acids is 2. The molecule has 7 nitrogen and oxygen atoms in total. The Hall–Kier alpha value is -3.35. The van der Waals surface area contributed by atoms with Gasteiger partial charge in [0, 0.05) is 16.9 Å². The summed E-state index contributed by atoms with van der Waals surface area (Å²) >= 11 is 0. The van der Waals surface area contributed by atoms with Crippen molar-refractivity contribution in [2.24, 2.45) is 0 Å². The standard InChI is InChI=1S/C19H20N2O5/c1-19(2,3)26-18(25)21-15-9-7-14(8-10-15)20-16(22)12-5-4-6-13(11-12)17(23)24/h4-11H,1-3H3,(H,20,22)(H,21,25)(H,23,24). The molecule has 136 valence electrons. The van der Waals surface area contributed by atoms with E-state index in [1.165, 1.54) is 24.3 Å². The third kappa shape index (κ3) is 5.62. The first-order valence-electron chi connectivity index (χ1n) is 7.89. The molecule has 0 aliphatic carbocycles. The molecular formula is C19H20N2O5. The van der Waals surface area contributed by atoms with Gasteiger partial charge in [0.05, 0.1) is 5.56 Å². The van der Waals surface area contributed by atoms with Crippen LogP contribution in [0.15, 0.2) is 48.5 Å². The monoisotopic (exact) mass is 356 g/mol. The van der Waals surface area contributed by atoms with Gasteiger partial charge < -0.3 is 15.2 Å². The van der Waals surface area contributed by atoms with E-state index in [1.54, 1.807) is 45.0 Å². The molecule has 0 saturated carbocycles. The molecule has 0 bridgehead atoms. The molecule has 0 aromatic heterocycles. The second-order valence-corrected chi connectivity index (χ2v) is 6.54. The largest absolute Gasteiger partial charge is 0.478 e. The number of rotatable bonds is 4. The van der Waals surface area contributed by atoms with Crippen molar-refractivity contribution in [3.63, 3.8) is 0 Å². The lowest BCUT2D eigenvalue weighted by molar-refractivity contribution is 0.0634. The topological polar surface area (TPSA) is 105 Å². The molecule has 0 atom stereocenters. The predicted octanol–water partition coefficient (Wildman–Crippen LogP) is 3.98. The maximum absolute atomic E-state index is 12.2. The van der Waals surface area contributed by atoms with Crippen LogP contribution in [0.3, 0.4) is 0 Å². The molecular weight excluding hydrogens is 336 g/mol. The van der Waals surface area contributed by atoms with Crippen molar-refractivity contribution in [1.29, 1.82) is 0 Å². The second kappa shape index (κ2) is 7.69. The van der Waals surface area contributed by atoms with Crippen molar-refractivity contribution in [1.82, 2.24) is 0 Å². The van der Waals surface area contributed by atoms with Crippen LogP contribution in [-0.2, 0) is 4.74 Å². The third-order valence-corrected chi connectivity index (χ3v) is 3.16. The molecule has 2 aromatic carbocycles. The van der Waals surface area contributed by atoms with Crippen LogP contribution in [0.25, 0.3) is 0 Å². The van der Waals surface area contributed by atoms with Crippen LogP contribution >= 0.6 is 0 Å². The summed E-state index contributed by atoms with van der Waals surface area (Å²) in [7, 11) is 0. The van der Waals surface area contributed by atoms with Gasteiger partial charge in [-0.05, 0) is 63.2 Å². The van der Waals surface area contributed by atoms with Crippen LogP contribution in [0.1, 0.15) is 41.5 Å². The molecule has 26 heavy (non-hydrogen) atoms. The van der Waals surface area contributed by atoms with Crippen molar-refractivity contribution < 1.29 is 24.2 Å². The lowest BCUT2D eigenvalue weighted by atomic mass is 10.1. The molecule has 0 aliphatic heterocycles. The number of hydrogen-bond acceptors (Lipinski definition) is 4. The molecule has 2 aromatic rings. The van der Waals surface area contributed by atoms with Crippen molar-refractivity contribution in [2.75, 3.05) is 10.6 Å². The van der Waals surface area contributed by atoms with Gasteiger partial charge in [0.2, 0.25) is 0 Å². The molecule has 3 N–H and O–H groups in total. The summed E-state index contributed by atoms with van der Waals surface area (Å²) in [5, 5.41) is 14.2. The van der Waals surface area contributed by atoms with Crippen LogP contribution in [0.5, 0.6) is 0 Å². The van der Waals surface area contributed by atoms with Gasteiger partial charge in [-0.3, -0.25) is 10.1 Å². The first kappa shape index (κ1) is 19.0. The Morgan fingerprint density at radius 2 is 1.42 bits per heavy atom. The van der Waals surface area contributed by atoms with Gasteiger partial charge >= 0.3 is 12.1 Å². The Morgan fingerprint density at radius 3 is 1.96 bits per heavy atom. The molecule has 0 spiro atoms. The van der Waals surface area contributed by atoms with Crippen LogP contribution < -0.4 is 10.6 Å². The summed E-state index contributed by atoms with van der Waals surface area (Å²) in [6.45, 7) is 5.31. The molecule has 0 aliphatic rings. The molecule has 0 saturated heterocycles. The zero-order chi connectivity index (χ0) is 19.3. The number of benzene rings is 2. The minimum absolute atomic E-state index is 0.0366. The second-order valence-electron chi connectivity index (χ2n) is 6.54. The van der Waals surface area contributed by atoms with Crippen LogP contribution in [0.4, 0.5) is 16.2 Å². The molecule has 0 heterocycles. The summed E-state index contributed by atoms with van der Waals surface area (Å²) in [6, 6.07) is 12.2. The average Bonchev–Trinajstić information content (AvgIpc) is 2.55. The van der Waals surface area contributed by atoms with Gasteiger partial charge in [-0.15, -0.1) is 0 Å². The van der Waals surface area contributed by atoms with Gasteiger partial charge in [0.25, 0.3) is 5.91 Å². The minimum Gasteiger partial charge on any atom is -0.478 e. The molecule has 0 radical (unpaired) electrons. The quantitative estimate of drug-likeness (QED) is 0.768. The number of carboxylic acids is 1. The number of amides is 2. The fourth-order valence-electron chi connectivity index (χ4n) is 2.06. The highest BCUT2D eigenvalue weighted by atomic mass is 16.6. The maximum Gasteiger partial charge on any atom is 0.412 e. The predicted molar refractivity (Wildman–Crippen MR) is 97.7 cm³/mol. The first-order valence-corrected chi connectivity index (χ1v) is 7.89. The molecule has 7 heteroatoms. The van der Waals surface area contributed by atoms with Gasteiger partial charge in [-0.2, -0.15) is 0 Å². The Kier molecular flexibility index (Phi) is 5.61. The minimum atomic E-state index is -1.10. The normalized spacial score (nSPS) is 10.7. The summed E-state index contributed by atoms with van der Waals surface area (Å²) in [5.41, 5.74) is 0.702. The molecule has 0 fully saturated rings. The highest BCUT2D eigenvalue weighted by Gasteiger charge is 2.16. The average molecular weight is 356 g/mol. The van der Waals surface area contributed by atoms with Gasteiger partial charge in [-0.25, -0.2) is 9.59 Å². The third-order valence-electron chi connectivity index (χ3n) is 3.16. The number of carboxylic acid groups (broad SMARTS) is 1. The van der Waals surface area contributed by atoms with Gasteiger partial charge in [0.1, 0.15) is 5.60 Å². The SMILES string of the molecule is CC(C)(C)OC(=O)Nc1ccc(NC(=O)c2cccc(C(=O)O)c2)cc1. The van der Waals surface area contributed by atoms with E-state index < -0.39 is 23.6 Å². The molecule has 2 rings (SSSR count). The van der Waals surface area contributed by atoms with E-state index in [-0.39, 0.29) is 11.1 Å². The Morgan fingerprint density at radius 1 is 0.885 bits per heavy atom. The van der Waals surface area contributed by atoms with Crippen LogP contribution in [-0.4, -0.2) is 28.7 Å². The van der Waals surface area contributed by atoms with Crippen molar-refractivity contribution in [3.05, 3.63) is 59.7 Å². The highest BCUT2D eigenvalue weighted by molar-refractivity contribution is 6.05. The van der Waals surface area contributed by atoms with E-state index in [2.05, 4.69) is 10.6 Å². The Labute approximate surface area is 151 Å². The summed E-state index contributed by atoms with van der Waals surface area (Å²) in [4.78, 5) is 34.9. The number of carbonyl (C=O) groups is 3. The lowest BCUT2D eigenvalue weighted by Crippen LogP contribution is -2.27. The Balaban J connectivity index is 2.00. The lowest BCUT2D eigenvalue weighted by Gasteiger charge is -2.19. The first-order chi connectivity index (χ1) is 12.1. The van der Waals surface area contributed by atoms with Crippen molar-refractivity contribution in [2.45, 2.75) is 26.4 Å². The van der Waals surface area contributed by atoms with Crippen LogP contribution in [0, 0.1) is 0 Å². The summed E-state index contributed by atoms with van der Waals surface area (Å²) < 4.78 is 5.16. The number of nitrogens with one attached hydrogen (secondary N) is 2. The fraction of sp³-hybridized carbons (Fsp3) is 0.211. The molecule has 0 unspecified atom stereocenters. The van der Waals surface area contributed by atoms with Gasteiger partial charge in [-0.1, -0.05) is 6.07 Å². The zero-order valence-electron chi connectivity index (χ0n) is 14.7. The number of aromatic carboxylic acids is 1. The van der Waals surface area contributed by atoms with Gasteiger partial charge in [0.15, 0.2) is 0 Å². The van der Waals surface area contributed by atoms with E-state index >= 15 is 0 Å². The number of anilines is 2. The highest BCUT2D eigenvalue weighted by Crippen LogP contribution is 2.16. The van der Waals surface area contributed by atoms with E-state index in [0.717, 1.165) is 0 Å². The smallest absolute Gasteiger partial charge is 0.412 e. The Bertz CT molecular complexity index is 823. The zero-order valence-corrected chi connectivity index (χ0v) is 14.7. The van der Waals surface area contributed by atoms with E-state index in [4.69, 9.17) is 9.84 Å². The number of hydrogen-bond donors (Lipinski definition) is 3. The maximum atomic E-state index is 12.2. The summed E-state index contributed by atoms with van der Waals surface area (Å²) in [5.74, 6) is -1.53. The van der Waals surface area contributed by atoms with E-state index in [9.17, 15) is 14.4 Å². The van der Waals surface area contributed by atoms with E-state index in [0.29, 0.717) is 11.4 Å². The van der Waals surface area contributed by atoms with Crippen molar-refractivity contribution >= 4 is 29.3 Å².